The zero-order chi connectivity index (χ0) is 12.6. The van der Waals surface area contributed by atoms with Gasteiger partial charge in [0.05, 0.1) is 5.56 Å². The van der Waals surface area contributed by atoms with Gasteiger partial charge in [0.25, 0.3) is 0 Å². The summed E-state index contributed by atoms with van der Waals surface area (Å²) in [4.78, 5) is 11.9. The molecular weight excluding hydrogens is 214 g/mol. The maximum Gasteiger partial charge on any atom is 0.338 e. The number of nitrogens with two attached hydrogens (primary N) is 1. The molecule has 0 heterocycles. The van der Waals surface area contributed by atoms with Crippen LogP contribution in [0.25, 0.3) is 0 Å². The molecule has 0 radical (unpaired) electrons. The molecule has 92 valence electrons. The molecule has 0 saturated heterocycles. The van der Waals surface area contributed by atoms with Crippen LogP contribution in [0.5, 0.6) is 0 Å². The second-order valence-corrected chi connectivity index (χ2v) is 5.62. The van der Waals surface area contributed by atoms with Crippen LogP contribution in [0, 0.1) is 0 Å². The van der Waals surface area contributed by atoms with Gasteiger partial charge < -0.3 is 10.5 Å². The number of rotatable bonds is 2. The Bertz CT molecular complexity index is 442. The summed E-state index contributed by atoms with van der Waals surface area (Å²) in [5.74, 6) is 0.261. The molecule has 1 aromatic rings. The highest BCUT2D eigenvalue weighted by Gasteiger charge is 2.27. The minimum atomic E-state index is -0.460. The summed E-state index contributed by atoms with van der Waals surface area (Å²) in [5.41, 5.74) is 7.91. The largest absolute Gasteiger partial charge is 0.456 e. The number of anilines is 1. The normalized spacial score (nSPS) is 15.7. The Morgan fingerprint density at radius 1 is 1.35 bits per heavy atom. The molecule has 0 aromatic heterocycles. The van der Waals surface area contributed by atoms with Crippen molar-refractivity contribution in [1.29, 1.82) is 0 Å². The topological polar surface area (TPSA) is 52.3 Å². The number of carbonyl (C=O) groups is 1. The van der Waals surface area contributed by atoms with Crippen molar-refractivity contribution < 1.29 is 9.53 Å². The van der Waals surface area contributed by atoms with Crippen LogP contribution in [0.2, 0.25) is 0 Å². The van der Waals surface area contributed by atoms with E-state index in [1.165, 1.54) is 12.8 Å². The Morgan fingerprint density at radius 3 is 2.53 bits per heavy atom. The smallest absolute Gasteiger partial charge is 0.338 e. The maximum absolute atomic E-state index is 11.9. The third-order valence-corrected chi connectivity index (χ3v) is 2.74. The molecule has 2 rings (SSSR count). The number of ether oxygens (including phenoxy) is 1. The van der Waals surface area contributed by atoms with Gasteiger partial charge in [0.1, 0.15) is 5.60 Å². The lowest BCUT2D eigenvalue weighted by Gasteiger charge is -2.19. The van der Waals surface area contributed by atoms with Crippen LogP contribution in [0.1, 0.15) is 55.5 Å². The number of esters is 1. The molecule has 1 aliphatic rings. The van der Waals surface area contributed by atoms with E-state index in [2.05, 4.69) is 0 Å². The summed E-state index contributed by atoms with van der Waals surface area (Å²) >= 11 is 0. The predicted molar refractivity (Wildman–Crippen MR) is 68.0 cm³/mol. The summed E-state index contributed by atoms with van der Waals surface area (Å²) in [6, 6.07) is 5.41. The van der Waals surface area contributed by atoms with Crippen LogP contribution in [0.15, 0.2) is 18.2 Å². The third kappa shape index (κ3) is 2.99. The standard InChI is InChI=1S/C14H19NO2/c1-14(2,3)17-13(16)10-6-7-12(15)11(8-10)9-4-5-9/h6-9H,4-5,15H2,1-3H3. The molecule has 1 saturated carbocycles. The van der Waals surface area contributed by atoms with E-state index in [4.69, 9.17) is 10.5 Å². The van der Waals surface area contributed by atoms with Crippen molar-refractivity contribution in [1.82, 2.24) is 0 Å². The molecule has 1 aliphatic carbocycles. The maximum atomic E-state index is 11.9. The number of nitrogen functional groups attached to an aromatic ring is 1. The van der Waals surface area contributed by atoms with Crippen LogP contribution in [-0.4, -0.2) is 11.6 Å². The van der Waals surface area contributed by atoms with Gasteiger partial charge >= 0.3 is 5.97 Å². The molecule has 1 fully saturated rings. The van der Waals surface area contributed by atoms with E-state index < -0.39 is 5.60 Å². The van der Waals surface area contributed by atoms with Gasteiger partial charge in [0, 0.05) is 5.69 Å². The third-order valence-electron chi connectivity index (χ3n) is 2.74. The molecule has 0 amide bonds. The van der Waals surface area contributed by atoms with Crippen LogP contribution < -0.4 is 5.73 Å². The predicted octanol–water partition coefficient (Wildman–Crippen LogP) is 3.10. The molecule has 0 aliphatic heterocycles. The fourth-order valence-corrected chi connectivity index (χ4v) is 1.79. The number of carbonyl (C=O) groups excluding carboxylic acids is 1. The molecule has 0 bridgehead atoms. The Morgan fingerprint density at radius 2 is 2.00 bits per heavy atom. The fourth-order valence-electron chi connectivity index (χ4n) is 1.79. The Balaban J connectivity index is 2.21. The average molecular weight is 233 g/mol. The van der Waals surface area contributed by atoms with Crippen molar-refractivity contribution in [2.45, 2.75) is 45.1 Å². The zero-order valence-electron chi connectivity index (χ0n) is 10.6. The highest BCUT2D eigenvalue weighted by molar-refractivity contribution is 5.90. The molecular formula is C14H19NO2. The van der Waals surface area contributed by atoms with E-state index in [0.29, 0.717) is 11.5 Å². The molecule has 3 nitrogen and oxygen atoms in total. The first-order valence-corrected chi connectivity index (χ1v) is 5.99. The van der Waals surface area contributed by atoms with Crippen LogP contribution in [-0.2, 0) is 4.74 Å². The lowest BCUT2D eigenvalue weighted by Crippen LogP contribution is -2.24. The van der Waals surface area contributed by atoms with E-state index >= 15 is 0 Å². The van der Waals surface area contributed by atoms with Gasteiger partial charge in [-0.15, -0.1) is 0 Å². The number of benzene rings is 1. The first-order chi connectivity index (χ1) is 7.87. The van der Waals surface area contributed by atoms with Crippen LogP contribution in [0.3, 0.4) is 0 Å². The molecule has 2 N–H and O–H groups in total. The van der Waals surface area contributed by atoms with E-state index in [-0.39, 0.29) is 5.97 Å². The second-order valence-electron chi connectivity index (χ2n) is 5.62. The van der Waals surface area contributed by atoms with E-state index in [0.717, 1.165) is 11.3 Å². The summed E-state index contributed by atoms with van der Waals surface area (Å²) in [6.45, 7) is 5.60. The first-order valence-electron chi connectivity index (χ1n) is 5.99. The minimum Gasteiger partial charge on any atom is -0.456 e. The van der Waals surface area contributed by atoms with E-state index in [9.17, 15) is 4.79 Å². The number of hydrogen-bond acceptors (Lipinski definition) is 3. The highest BCUT2D eigenvalue weighted by atomic mass is 16.6. The van der Waals surface area contributed by atoms with Crippen molar-refractivity contribution in [2.75, 3.05) is 5.73 Å². The lowest BCUT2D eigenvalue weighted by atomic mass is 10.0. The minimum absolute atomic E-state index is 0.278. The van der Waals surface area contributed by atoms with Gasteiger partial charge in [-0.05, 0) is 63.3 Å². The second kappa shape index (κ2) is 4.06. The van der Waals surface area contributed by atoms with Gasteiger partial charge in [-0.1, -0.05) is 0 Å². The first kappa shape index (κ1) is 12.0. The Kier molecular flexibility index (Phi) is 2.86. The van der Waals surface area contributed by atoms with Crippen molar-refractivity contribution in [2.24, 2.45) is 0 Å². The molecule has 0 atom stereocenters. The molecule has 17 heavy (non-hydrogen) atoms. The summed E-state index contributed by atoms with van der Waals surface area (Å²) in [6.07, 6.45) is 2.34. The quantitative estimate of drug-likeness (QED) is 0.630. The van der Waals surface area contributed by atoms with Crippen molar-refractivity contribution >= 4 is 11.7 Å². The lowest BCUT2D eigenvalue weighted by molar-refractivity contribution is 0.00695. The van der Waals surface area contributed by atoms with Crippen LogP contribution >= 0.6 is 0 Å². The molecule has 3 heteroatoms. The van der Waals surface area contributed by atoms with Crippen molar-refractivity contribution in [3.8, 4) is 0 Å². The van der Waals surface area contributed by atoms with Crippen LogP contribution in [0.4, 0.5) is 5.69 Å². The summed E-state index contributed by atoms with van der Waals surface area (Å²) in [7, 11) is 0. The monoisotopic (exact) mass is 233 g/mol. The van der Waals surface area contributed by atoms with E-state index in [1.807, 2.05) is 26.8 Å². The van der Waals surface area contributed by atoms with Crippen molar-refractivity contribution in [3.63, 3.8) is 0 Å². The zero-order valence-corrected chi connectivity index (χ0v) is 10.6. The van der Waals surface area contributed by atoms with E-state index in [1.54, 1.807) is 12.1 Å². The molecule has 0 unspecified atom stereocenters. The molecule has 1 aromatic carbocycles. The average Bonchev–Trinajstić information content (AvgIpc) is 2.99. The number of hydrogen-bond donors (Lipinski definition) is 1. The van der Waals surface area contributed by atoms with Gasteiger partial charge in [0.15, 0.2) is 0 Å². The van der Waals surface area contributed by atoms with Gasteiger partial charge in [-0.3, -0.25) is 0 Å². The Hall–Kier alpha value is -1.51. The summed E-state index contributed by atoms with van der Waals surface area (Å²) in [5, 5.41) is 0. The van der Waals surface area contributed by atoms with Gasteiger partial charge in [-0.25, -0.2) is 4.79 Å². The Labute approximate surface area is 102 Å². The van der Waals surface area contributed by atoms with Gasteiger partial charge in [0.2, 0.25) is 0 Å². The molecule has 0 spiro atoms. The van der Waals surface area contributed by atoms with Crippen molar-refractivity contribution in [3.05, 3.63) is 29.3 Å². The fraction of sp³-hybridized carbons (Fsp3) is 0.500. The SMILES string of the molecule is CC(C)(C)OC(=O)c1ccc(N)c(C2CC2)c1. The highest BCUT2D eigenvalue weighted by Crippen LogP contribution is 2.43. The summed E-state index contributed by atoms with van der Waals surface area (Å²) < 4.78 is 5.34. The van der Waals surface area contributed by atoms with Gasteiger partial charge in [-0.2, -0.15) is 0 Å².